The first-order valence-electron chi connectivity index (χ1n) is 3.58. The molecule has 1 atom stereocenters. The van der Waals surface area contributed by atoms with E-state index in [-0.39, 0.29) is 17.8 Å². The molecule has 0 aromatic heterocycles. The summed E-state index contributed by atoms with van der Waals surface area (Å²) in [6.45, 7) is 6.54. The van der Waals surface area contributed by atoms with E-state index < -0.39 is 0 Å². The van der Waals surface area contributed by atoms with Gasteiger partial charge in [0.15, 0.2) is 0 Å². The van der Waals surface area contributed by atoms with E-state index in [1.165, 1.54) is 0 Å². The zero-order chi connectivity index (χ0) is 7.78. The molecule has 1 unspecified atom stereocenters. The van der Waals surface area contributed by atoms with Crippen LogP contribution < -0.4 is 11.2 Å². The molecule has 66 valence electrons. The molecule has 11 heavy (non-hydrogen) atoms. The summed E-state index contributed by atoms with van der Waals surface area (Å²) in [6, 6.07) is 0.410. The largest absolute Gasteiger partial charge is 0.386 e. The minimum atomic E-state index is 0. The van der Waals surface area contributed by atoms with Gasteiger partial charge in [0.2, 0.25) is 0 Å². The first-order valence-corrected chi connectivity index (χ1v) is 3.58. The van der Waals surface area contributed by atoms with Gasteiger partial charge < -0.3 is 11.2 Å². The summed E-state index contributed by atoms with van der Waals surface area (Å²) in [5.41, 5.74) is 8.77. The number of rotatable bonds is 0. The van der Waals surface area contributed by atoms with Gasteiger partial charge >= 0.3 is 0 Å². The Bertz CT molecular complexity index is 160. The first-order chi connectivity index (χ1) is 4.50. The van der Waals surface area contributed by atoms with Crippen LogP contribution in [0.15, 0.2) is 5.10 Å². The molecule has 3 nitrogen and oxygen atoms in total. The third-order valence-corrected chi connectivity index (χ3v) is 1.82. The number of halogens is 1. The van der Waals surface area contributed by atoms with Crippen molar-refractivity contribution in [3.8, 4) is 0 Å². The Kier molecular flexibility index (Phi) is 3.17. The third-order valence-electron chi connectivity index (χ3n) is 1.82. The fraction of sp³-hybridized carbons (Fsp3) is 0.857. The lowest BCUT2D eigenvalue weighted by atomic mass is 9.86. The molecule has 3 N–H and O–H groups in total. The molecule has 0 aromatic carbocycles. The molecule has 0 saturated carbocycles. The van der Waals surface area contributed by atoms with Crippen LogP contribution in [-0.4, -0.2) is 11.9 Å². The summed E-state index contributed by atoms with van der Waals surface area (Å²) >= 11 is 0. The summed E-state index contributed by atoms with van der Waals surface area (Å²) in [5, 5.41) is 3.93. The minimum Gasteiger partial charge on any atom is -0.386 e. The molecule has 0 aliphatic carbocycles. The Labute approximate surface area is 73.8 Å². The van der Waals surface area contributed by atoms with Crippen LogP contribution in [0, 0.1) is 5.41 Å². The molecule has 0 saturated heterocycles. The van der Waals surface area contributed by atoms with E-state index >= 15 is 0 Å². The van der Waals surface area contributed by atoms with E-state index in [0.717, 1.165) is 12.3 Å². The summed E-state index contributed by atoms with van der Waals surface area (Å²) in [5.74, 6) is 0.722. The Balaban J connectivity index is 0.000001000. The van der Waals surface area contributed by atoms with Crippen LogP contribution in [0.3, 0.4) is 0 Å². The van der Waals surface area contributed by atoms with Gasteiger partial charge in [0.25, 0.3) is 0 Å². The molecular weight excluding hydrogens is 162 g/mol. The molecule has 0 bridgehead atoms. The average Bonchev–Trinajstić information content (AvgIpc) is 2.11. The zero-order valence-corrected chi connectivity index (χ0v) is 8.03. The molecule has 0 aromatic rings. The van der Waals surface area contributed by atoms with Gasteiger partial charge in [-0.15, -0.1) is 12.4 Å². The Morgan fingerprint density at radius 2 is 2.09 bits per heavy atom. The van der Waals surface area contributed by atoms with Gasteiger partial charge in [-0.1, -0.05) is 20.8 Å². The molecule has 4 heteroatoms. The van der Waals surface area contributed by atoms with E-state index in [9.17, 15) is 0 Å². The highest BCUT2D eigenvalue weighted by Crippen LogP contribution is 2.23. The van der Waals surface area contributed by atoms with Gasteiger partial charge in [0.05, 0.1) is 6.04 Å². The van der Waals surface area contributed by atoms with Gasteiger partial charge in [-0.25, -0.2) is 0 Å². The maximum atomic E-state index is 5.51. The Hall–Kier alpha value is -0.440. The lowest BCUT2D eigenvalue weighted by Gasteiger charge is -2.25. The van der Waals surface area contributed by atoms with Gasteiger partial charge in [-0.3, -0.25) is 0 Å². The van der Waals surface area contributed by atoms with Crippen molar-refractivity contribution in [2.24, 2.45) is 16.3 Å². The Morgan fingerprint density at radius 1 is 1.55 bits per heavy atom. The first kappa shape index (κ1) is 10.6. The van der Waals surface area contributed by atoms with Crippen LogP contribution in [0.25, 0.3) is 0 Å². The van der Waals surface area contributed by atoms with E-state index in [0.29, 0.717) is 6.04 Å². The van der Waals surface area contributed by atoms with E-state index in [1.807, 2.05) is 0 Å². The van der Waals surface area contributed by atoms with Crippen LogP contribution >= 0.6 is 12.4 Å². The lowest BCUT2D eigenvalue weighted by Crippen LogP contribution is -2.34. The van der Waals surface area contributed by atoms with Crippen molar-refractivity contribution < 1.29 is 0 Å². The number of nitrogens with one attached hydrogen (secondary N) is 1. The fourth-order valence-electron chi connectivity index (χ4n) is 0.961. The maximum absolute atomic E-state index is 5.51. The standard InChI is InChI=1S/C7H15N3.ClH/c1-7(2,3)5-4-6(8)10-9-5;/h5,9H,4H2,1-3H3,(H2,8,10);1H. The highest BCUT2D eigenvalue weighted by molar-refractivity contribution is 5.85. The number of nitrogens with zero attached hydrogens (tertiary/aromatic N) is 1. The van der Waals surface area contributed by atoms with Crippen molar-refractivity contribution >= 4 is 18.2 Å². The van der Waals surface area contributed by atoms with E-state index in [2.05, 4.69) is 31.3 Å². The highest BCUT2D eigenvalue weighted by atomic mass is 35.5. The summed E-state index contributed by atoms with van der Waals surface area (Å²) < 4.78 is 0. The number of nitrogens with two attached hydrogens (primary N) is 1. The molecule has 0 spiro atoms. The number of hydrogen-bond donors (Lipinski definition) is 2. The predicted molar refractivity (Wildman–Crippen MR) is 49.9 cm³/mol. The minimum absolute atomic E-state index is 0. The molecular formula is C7H16ClN3. The van der Waals surface area contributed by atoms with Gasteiger partial charge in [0, 0.05) is 6.42 Å². The number of hydrogen-bond acceptors (Lipinski definition) is 3. The van der Waals surface area contributed by atoms with Gasteiger partial charge in [-0.05, 0) is 5.41 Å². The van der Waals surface area contributed by atoms with Crippen LogP contribution in [0.4, 0.5) is 0 Å². The lowest BCUT2D eigenvalue weighted by molar-refractivity contribution is 0.291. The quantitative estimate of drug-likeness (QED) is 0.582. The number of hydrazone groups is 1. The van der Waals surface area contributed by atoms with E-state index in [1.54, 1.807) is 0 Å². The smallest absolute Gasteiger partial charge is 0.121 e. The SMILES string of the molecule is CC(C)(C)C1CC(N)=NN1.Cl. The normalized spacial score (nSPS) is 23.5. The molecule has 1 heterocycles. The summed E-state index contributed by atoms with van der Waals surface area (Å²) in [7, 11) is 0. The van der Waals surface area contributed by atoms with Crippen LogP contribution in [0.5, 0.6) is 0 Å². The second-order valence-electron chi connectivity index (χ2n) is 3.85. The monoisotopic (exact) mass is 177 g/mol. The second-order valence-corrected chi connectivity index (χ2v) is 3.85. The molecule has 1 aliphatic heterocycles. The van der Waals surface area contributed by atoms with Gasteiger partial charge in [-0.2, -0.15) is 5.10 Å². The molecule has 0 radical (unpaired) electrons. The summed E-state index contributed by atoms with van der Waals surface area (Å²) in [6.07, 6.45) is 0.878. The van der Waals surface area contributed by atoms with Crippen molar-refractivity contribution in [2.75, 3.05) is 0 Å². The third kappa shape index (κ3) is 2.58. The van der Waals surface area contributed by atoms with E-state index in [4.69, 9.17) is 5.73 Å². The zero-order valence-electron chi connectivity index (χ0n) is 7.22. The van der Waals surface area contributed by atoms with Crippen LogP contribution in [0.2, 0.25) is 0 Å². The van der Waals surface area contributed by atoms with Crippen molar-refractivity contribution in [1.29, 1.82) is 0 Å². The Morgan fingerprint density at radius 3 is 2.27 bits per heavy atom. The topological polar surface area (TPSA) is 50.4 Å². The van der Waals surface area contributed by atoms with Gasteiger partial charge in [0.1, 0.15) is 5.84 Å². The fourth-order valence-corrected chi connectivity index (χ4v) is 0.961. The van der Waals surface area contributed by atoms with Crippen molar-refractivity contribution in [3.05, 3.63) is 0 Å². The molecule has 0 fully saturated rings. The van der Waals surface area contributed by atoms with Crippen LogP contribution in [0.1, 0.15) is 27.2 Å². The van der Waals surface area contributed by atoms with Crippen molar-refractivity contribution in [2.45, 2.75) is 33.2 Å². The van der Waals surface area contributed by atoms with Crippen molar-refractivity contribution in [1.82, 2.24) is 5.43 Å². The summed E-state index contributed by atoms with van der Waals surface area (Å²) in [4.78, 5) is 0. The second kappa shape index (κ2) is 3.30. The van der Waals surface area contributed by atoms with Crippen LogP contribution in [-0.2, 0) is 0 Å². The molecule has 0 amide bonds. The number of amidine groups is 1. The van der Waals surface area contributed by atoms with Crippen molar-refractivity contribution in [3.63, 3.8) is 0 Å². The average molecular weight is 178 g/mol. The molecule has 1 rings (SSSR count). The molecule has 1 aliphatic rings. The highest BCUT2D eigenvalue weighted by Gasteiger charge is 2.28. The maximum Gasteiger partial charge on any atom is 0.121 e. The predicted octanol–water partition coefficient (Wildman–Crippen LogP) is 1.09.